The average Bonchev–Trinajstić information content (AvgIpc) is 3.31. The van der Waals surface area contributed by atoms with E-state index >= 15 is 0 Å². The molecule has 8 heteroatoms. The van der Waals surface area contributed by atoms with Gasteiger partial charge in [-0.25, -0.2) is 14.7 Å². The summed E-state index contributed by atoms with van der Waals surface area (Å²) in [6.45, 7) is 6.31. The van der Waals surface area contributed by atoms with Gasteiger partial charge < -0.3 is 10.2 Å². The molecule has 1 aromatic carbocycles. The van der Waals surface area contributed by atoms with Crippen molar-refractivity contribution in [2.45, 2.75) is 26.9 Å². The Balaban J connectivity index is 0.00000261. The molecule has 0 aliphatic rings. The van der Waals surface area contributed by atoms with E-state index in [2.05, 4.69) is 56.9 Å². The van der Waals surface area contributed by atoms with Crippen molar-refractivity contribution >= 4 is 41.3 Å². The molecular formula is C19H25IN6S. The van der Waals surface area contributed by atoms with Crippen LogP contribution < -0.4 is 5.32 Å². The smallest absolute Gasteiger partial charge is 0.194 e. The van der Waals surface area contributed by atoms with Crippen LogP contribution in [0.25, 0.3) is 5.69 Å². The third-order valence-corrected chi connectivity index (χ3v) is 4.70. The molecular weight excluding hydrogens is 471 g/mol. The Morgan fingerprint density at radius 3 is 2.67 bits per heavy atom. The molecule has 6 nitrogen and oxygen atoms in total. The third kappa shape index (κ3) is 6.03. The molecule has 27 heavy (non-hydrogen) atoms. The van der Waals surface area contributed by atoms with E-state index in [-0.39, 0.29) is 24.0 Å². The largest absolute Gasteiger partial charge is 0.357 e. The van der Waals surface area contributed by atoms with Gasteiger partial charge in [0.2, 0.25) is 0 Å². The van der Waals surface area contributed by atoms with Crippen molar-refractivity contribution in [2.75, 3.05) is 13.6 Å². The van der Waals surface area contributed by atoms with Crippen LogP contribution in [-0.2, 0) is 13.1 Å². The van der Waals surface area contributed by atoms with Gasteiger partial charge in [-0.1, -0.05) is 12.1 Å². The van der Waals surface area contributed by atoms with Crippen LogP contribution in [0.4, 0.5) is 0 Å². The molecule has 0 fully saturated rings. The predicted molar refractivity (Wildman–Crippen MR) is 122 cm³/mol. The Hall–Kier alpha value is -1.94. The Kier molecular flexibility index (Phi) is 8.23. The topological polar surface area (TPSA) is 58.3 Å². The molecule has 0 amide bonds. The molecule has 0 saturated heterocycles. The van der Waals surface area contributed by atoms with Crippen LogP contribution in [0.5, 0.6) is 0 Å². The zero-order valence-electron chi connectivity index (χ0n) is 15.8. The minimum Gasteiger partial charge on any atom is -0.357 e. The van der Waals surface area contributed by atoms with E-state index in [1.165, 1.54) is 0 Å². The first-order chi connectivity index (χ1) is 12.7. The maximum absolute atomic E-state index is 4.76. The molecule has 0 atom stereocenters. The first kappa shape index (κ1) is 21.4. The predicted octanol–water partition coefficient (Wildman–Crippen LogP) is 3.85. The van der Waals surface area contributed by atoms with E-state index in [9.17, 15) is 0 Å². The Morgan fingerprint density at radius 1 is 1.30 bits per heavy atom. The molecule has 2 aromatic heterocycles. The second-order valence-corrected chi connectivity index (χ2v) is 7.06. The summed E-state index contributed by atoms with van der Waals surface area (Å²) in [6.07, 6.45) is 3.71. The molecule has 0 aliphatic carbocycles. The minimum absolute atomic E-state index is 0. The summed E-state index contributed by atoms with van der Waals surface area (Å²) in [5, 5.41) is 10.8. The van der Waals surface area contributed by atoms with Crippen LogP contribution in [0.1, 0.15) is 23.2 Å². The van der Waals surface area contributed by atoms with Crippen molar-refractivity contribution in [3.8, 4) is 5.69 Å². The number of hydrogen-bond acceptors (Lipinski definition) is 4. The van der Waals surface area contributed by atoms with Crippen LogP contribution in [0.3, 0.4) is 0 Å². The lowest BCUT2D eigenvalue weighted by Gasteiger charge is -2.21. The van der Waals surface area contributed by atoms with Crippen molar-refractivity contribution in [1.29, 1.82) is 0 Å². The number of hydrogen-bond donors (Lipinski definition) is 1. The van der Waals surface area contributed by atoms with Gasteiger partial charge in [-0.05, 0) is 37.6 Å². The Labute approximate surface area is 181 Å². The number of benzene rings is 1. The lowest BCUT2D eigenvalue weighted by Crippen LogP contribution is -2.38. The van der Waals surface area contributed by atoms with Gasteiger partial charge in [0.25, 0.3) is 0 Å². The fourth-order valence-electron chi connectivity index (χ4n) is 2.61. The van der Waals surface area contributed by atoms with Crippen LogP contribution in [0.2, 0.25) is 0 Å². The maximum Gasteiger partial charge on any atom is 0.194 e. The van der Waals surface area contributed by atoms with Crippen LogP contribution in [0, 0.1) is 6.92 Å². The number of aromatic nitrogens is 3. The molecule has 0 unspecified atom stereocenters. The zero-order chi connectivity index (χ0) is 18.4. The van der Waals surface area contributed by atoms with E-state index in [4.69, 9.17) is 4.99 Å². The number of halogens is 1. The van der Waals surface area contributed by atoms with Gasteiger partial charge in [0.15, 0.2) is 5.96 Å². The van der Waals surface area contributed by atoms with E-state index in [1.54, 1.807) is 17.5 Å². The zero-order valence-corrected chi connectivity index (χ0v) is 18.9. The summed E-state index contributed by atoms with van der Waals surface area (Å²) >= 11 is 1.68. The number of thiazole rings is 1. The molecule has 0 aliphatic heterocycles. The van der Waals surface area contributed by atoms with Gasteiger partial charge >= 0.3 is 0 Å². The van der Waals surface area contributed by atoms with Crippen LogP contribution >= 0.6 is 35.3 Å². The fourth-order valence-corrected chi connectivity index (χ4v) is 3.21. The van der Waals surface area contributed by atoms with E-state index < -0.39 is 0 Å². The van der Waals surface area contributed by atoms with Crippen LogP contribution in [-0.4, -0.2) is 39.2 Å². The Morgan fingerprint density at radius 2 is 2.07 bits per heavy atom. The SMILES string of the molecule is CCNC(=NCc1ccc(-n2cccn2)cc1)N(C)Cc1csc(C)n1.I. The summed E-state index contributed by atoms with van der Waals surface area (Å²) < 4.78 is 1.85. The highest BCUT2D eigenvalue weighted by Crippen LogP contribution is 2.11. The fraction of sp³-hybridized carbons (Fsp3) is 0.316. The molecule has 0 spiro atoms. The minimum atomic E-state index is 0. The second-order valence-electron chi connectivity index (χ2n) is 6.00. The monoisotopic (exact) mass is 496 g/mol. The third-order valence-electron chi connectivity index (χ3n) is 3.88. The van der Waals surface area contributed by atoms with E-state index in [0.717, 1.165) is 41.0 Å². The molecule has 1 N–H and O–H groups in total. The maximum atomic E-state index is 4.76. The van der Waals surface area contributed by atoms with Gasteiger partial charge in [0.1, 0.15) is 0 Å². The number of guanidine groups is 1. The van der Waals surface area contributed by atoms with Crippen molar-refractivity contribution in [1.82, 2.24) is 25.0 Å². The van der Waals surface area contributed by atoms with E-state index in [0.29, 0.717) is 6.54 Å². The molecule has 0 saturated carbocycles. The summed E-state index contributed by atoms with van der Waals surface area (Å²) in [7, 11) is 2.04. The molecule has 0 radical (unpaired) electrons. The number of aryl methyl sites for hydroxylation is 1. The average molecular weight is 496 g/mol. The van der Waals surface area contributed by atoms with Gasteiger partial charge in [-0.15, -0.1) is 35.3 Å². The number of aliphatic imine (C=N–C) groups is 1. The molecule has 0 bridgehead atoms. The Bertz CT molecular complexity index is 841. The van der Waals surface area contributed by atoms with Crippen molar-refractivity contribution in [3.05, 3.63) is 64.4 Å². The second kappa shape index (κ2) is 10.4. The van der Waals surface area contributed by atoms with Gasteiger partial charge in [-0.2, -0.15) is 5.10 Å². The van der Waals surface area contributed by atoms with Gasteiger partial charge in [0.05, 0.1) is 29.5 Å². The van der Waals surface area contributed by atoms with E-state index in [1.807, 2.05) is 30.9 Å². The highest BCUT2D eigenvalue weighted by molar-refractivity contribution is 14.0. The van der Waals surface area contributed by atoms with Gasteiger partial charge in [0, 0.05) is 31.4 Å². The summed E-state index contributed by atoms with van der Waals surface area (Å²) in [5.74, 6) is 0.884. The quantitative estimate of drug-likeness (QED) is 0.320. The lowest BCUT2D eigenvalue weighted by molar-refractivity contribution is 0.471. The first-order valence-electron chi connectivity index (χ1n) is 8.65. The van der Waals surface area contributed by atoms with Crippen molar-refractivity contribution < 1.29 is 0 Å². The number of rotatable bonds is 6. The van der Waals surface area contributed by atoms with Crippen LogP contribution in [0.15, 0.2) is 53.1 Å². The van der Waals surface area contributed by atoms with Crippen molar-refractivity contribution in [2.24, 2.45) is 4.99 Å². The lowest BCUT2D eigenvalue weighted by atomic mass is 10.2. The number of nitrogens with zero attached hydrogens (tertiary/aromatic N) is 5. The normalized spacial score (nSPS) is 11.1. The molecule has 3 rings (SSSR count). The first-order valence-corrected chi connectivity index (χ1v) is 9.53. The molecule has 144 valence electrons. The van der Waals surface area contributed by atoms with Crippen molar-refractivity contribution in [3.63, 3.8) is 0 Å². The highest BCUT2D eigenvalue weighted by Gasteiger charge is 2.08. The molecule has 3 aromatic rings. The highest BCUT2D eigenvalue weighted by atomic mass is 127. The summed E-state index contributed by atoms with van der Waals surface area (Å²) in [4.78, 5) is 11.4. The van der Waals surface area contributed by atoms with Gasteiger partial charge in [-0.3, -0.25) is 0 Å². The standard InChI is InChI=1S/C19H24N6S.HI/c1-4-20-19(24(3)13-17-14-26-15(2)23-17)21-12-16-6-8-18(9-7-16)25-11-5-10-22-25;/h5-11,14H,4,12-13H2,1-3H3,(H,20,21);1H. The summed E-state index contributed by atoms with van der Waals surface area (Å²) in [6, 6.07) is 10.2. The number of nitrogens with one attached hydrogen (secondary N) is 1. The summed E-state index contributed by atoms with van der Waals surface area (Å²) in [5.41, 5.74) is 3.28. The molecule has 2 heterocycles.